The number of aromatic nitrogens is 1. The van der Waals surface area contributed by atoms with Gasteiger partial charge in [0, 0.05) is 24.8 Å². The van der Waals surface area contributed by atoms with Crippen LogP contribution in [0.5, 0.6) is 0 Å². The summed E-state index contributed by atoms with van der Waals surface area (Å²) in [5.74, 6) is -2.58. The number of alkyl halides is 3. The monoisotopic (exact) mass is 476 g/mol. The average Bonchev–Trinajstić information content (AvgIpc) is 2.75. The van der Waals surface area contributed by atoms with Crippen molar-refractivity contribution >= 4 is 23.5 Å². The van der Waals surface area contributed by atoms with Crippen LogP contribution in [-0.4, -0.2) is 41.0 Å². The van der Waals surface area contributed by atoms with Crippen LogP contribution in [0.2, 0.25) is 5.02 Å². The molecule has 3 rings (SSSR count). The van der Waals surface area contributed by atoms with Crippen LogP contribution in [0.3, 0.4) is 0 Å². The number of pyridine rings is 1. The van der Waals surface area contributed by atoms with Crippen molar-refractivity contribution < 1.29 is 31.5 Å². The van der Waals surface area contributed by atoms with Crippen LogP contribution in [0.4, 0.5) is 26.7 Å². The van der Waals surface area contributed by atoms with Crippen molar-refractivity contribution in [2.45, 2.75) is 31.6 Å². The fourth-order valence-electron chi connectivity index (χ4n) is 3.42. The number of carbonyl (C=O) groups is 2. The largest absolute Gasteiger partial charge is 0.433 e. The molecule has 1 aromatic heterocycles. The predicted octanol–water partition coefficient (Wildman–Crippen LogP) is 4.04. The van der Waals surface area contributed by atoms with E-state index in [9.17, 15) is 31.5 Å². The molecular weight excluding hydrogens is 459 g/mol. The van der Waals surface area contributed by atoms with Crippen LogP contribution < -0.4 is 10.6 Å². The summed E-state index contributed by atoms with van der Waals surface area (Å²) in [6, 6.07) is 0.726. The Labute approximate surface area is 184 Å². The molecule has 0 unspecified atom stereocenters. The minimum atomic E-state index is -4.70. The summed E-state index contributed by atoms with van der Waals surface area (Å²) in [6.07, 6.45) is -3.55. The van der Waals surface area contributed by atoms with E-state index in [1.807, 2.05) is 0 Å². The highest BCUT2D eigenvalue weighted by atomic mass is 35.5. The maximum Gasteiger partial charge on any atom is 0.433 e. The molecule has 0 spiro atoms. The van der Waals surface area contributed by atoms with E-state index in [1.165, 1.54) is 4.90 Å². The number of carbonyl (C=O) groups excluding carboxylic acids is 2. The summed E-state index contributed by atoms with van der Waals surface area (Å²) in [6.45, 7) is 2.07. The molecule has 0 bridgehead atoms. The number of urea groups is 1. The molecule has 2 N–H and O–H groups in total. The normalized spacial score (nSPS) is 17.7. The summed E-state index contributed by atoms with van der Waals surface area (Å²) < 4.78 is 67.1. The number of amides is 3. The minimum Gasteiger partial charge on any atom is -0.353 e. The van der Waals surface area contributed by atoms with E-state index in [0.717, 1.165) is 24.4 Å². The first-order valence-corrected chi connectivity index (χ1v) is 9.93. The number of nitrogens with zero attached hydrogens (tertiary/aromatic N) is 2. The molecule has 2 atom stereocenters. The van der Waals surface area contributed by atoms with E-state index >= 15 is 0 Å². The van der Waals surface area contributed by atoms with E-state index < -0.39 is 46.6 Å². The van der Waals surface area contributed by atoms with Crippen molar-refractivity contribution in [3.63, 3.8) is 0 Å². The SMILES string of the molecule is CC[C@@H]1C(=O)NCCN1C(=O)N[C@H](c1ccc(C(F)(F)F)nc1)c1ccc(F)c(Cl)c1F. The third kappa shape index (κ3) is 4.77. The third-order valence-corrected chi connectivity index (χ3v) is 5.38. The van der Waals surface area contributed by atoms with Crippen LogP contribution >= 0.6 is 11.6 Å². The van der Waals surface area contributed by atoms with Crippen molar-refractivity contribution in [3.8, 4) is 0 Å². The fraction of sp³-hybridized carbons (Fsp3) is 0.350. The summed E-state index contributed by atoms with van der Waals surface area (Å²) in [4.78, 5) is 29.6. The molecule has 0 aliphatic carbocycles. The smallest absolute Gasteiger partial charge is 0.353 e. The zero-order chi connectivity index (χ0) is 23.6. The number of hydrogen-bond donors (Lipinski definition) is 2. The van der Waals surface area contributed by atoms with Gasteiger partial charge in [-0.2, -0.15) is 13.2 Å². The van der Waals surface area contributed by atoms with Gasteiger partial charge in [0.2, 0.25) is 5.91 Å². The maximum absolute atomic E-state index is 14.8. The quantitative estimate of drug-likeness (QED) is 0.516. The number of piperazine rings is 1. The summed E-state index contributed by atoms with van der Waals surface area (Å²) >= 11 is 5.66. The van der Waals surface area contributed by atoms with E-state index in [2.05, 4.69) is 15.6 Å². The molecule has 0 saturated carbocycles. The van der Waals surface area contributed by atoms with Crippen molar-refractivity contribution in [1.82, 2.24) is 20.5 Å². The van der Waals surface area contributed by atoms with Gasteiger partial charge in [-0.1, -0.05) is 30.7 Å². The van der Waals surface area contributed by atoms with Crippen LogP contribution in [-0.2, 0) is 11.0 Å². The Kier molecular flexibility index (Phi) is 6.87. The van der Waals surface area contributed by atoms with Crippen LogP contribution in [0, 0.1) is 11.6 Å². The summed E-state index contributed by atoms with van der Waals surface area (Å²) in [7, 11) is 0. The molecule has 0 radical (unpaired) electrons. The van der Waals surface area contributed by atoms with E-state index in [-0.39, 0.29) is 30.1 Å². The first kappa shape index (κ1) is 23.7. The Morgan fingerprint density at radius 2 is 2.03 bits per heavy atom. The second-order valence-corrected chi connectivity index (χ2v) is 7.41. The summed E-state index contributed by atoms with van der Waals surface area (Å²) in [5.41, 5.74) is -1.45. The van der Waals surface area contributed by atoms with Gasteiger partial charge in [-0.05, 0) is 24.1 Å². The highest BCUT2D eigenvalue weighted by Crippen LogP contribution is 2.32. The Balaban J connectivity index is 2.00. The summed E-state index contributed by atoms with van der Waals surface area (Å²) in [5, 5.41) is 4.32. The van der Waals surface area contributed by atoms with E-state index in [0.29, 0.717) is 12.5 Å². The average molecular weight is 477 g/mol. The first-order valence-electron chi connectivity index (χ1n) is 9.56. The highest BCUT2D eigenvalue weighted by molar-refractivity contribution is 6.31. The Bertz CT molecular complexity index is 1020. The van der Waals surface area contributed by atoms with Gasteiger partial charge < -0.3 is 15.5 Å². The van der Waals surface area contributed by atoms with Crippen molar-refractivity contribution in [2.24, 2.45) is 0 Å². The van der Waals surface area contributed by atoms with Gasteiger partial charge in [-0.15, -0.1) is 0 Å². The Morgan fingerprint density at radius 3 is 2.62 bits per heavy atom. The molecule has 32 heavy (non-hydrogen) atoms. The molecule has 6 nitrogen and oxygen atoms in total. The fourth-order valence-corrected chi connectivity index (χ4v) is 3.59. The lowest BCUT2D eigenvalue weighted by Crippen LogP contribution is -2.59. The molecule has 3 amide bonds. The lowest BCUT2D eigenvalue weighted by Gasteiger charge is -2.35. The maximum atomic E-state index is 14.8. The van der Waals surface area contributed by atoms with Gasteiger partial charge in [-0.25, -0.2) is 13.6 Å². The lowest BCUT2D eigenvalue weighted by atomic mass is 9.99. The Morgan fingerprint density at radius 1 is 1.31 bits per heavy atom. The number of halogens is 6. The van der Waals surface area contributed by atoms with Gasteiger partial charge >= 0.3 is 12.2 Å². The number of benzene rings is 1. The lowest BCUT2D eigenvalue weighted by molar-refractivity contribution is -0.141. The van der Waals surface area contributed by atoms with Gasteiger partial charge in [0.25, 0.3) is 0 Å². The molecule has 2 aromatic rings. The molecule has 1 aromatic carbocycles. The molecule has 1 fully saturated rings. The van der Waals surface area contributed by atoms with Crippen molar-refractivity contribution in [1.29, 1.82) is 0 Å². The molecule has 1 aliphatic heterocycles. The first-order chi connectivity index (χ1) is 15.0. The second-order valence-electron chi connectivity index (χ2n) is 7.03. The van der Waals surface area contributed by atoms with Crippen molar-refractivity contribution in [3.05, 3.63) is 63.9 Å². The minimum absolute atomic E-state index is 0.00225. The van der Waals surface area contributed by atoms with Crippen molar-refractivity contribution in [2.75, 3.05) is 13.1 Å². The molecule has 12 heteroatoms. The van der Waals surface area contributed by atoms with Gasteiger partial charge in [0.1, 0.15) is 28.4 Å². The Hall–Kier alpha value is -2.95. The van der Waals surface area contributed by atoms with Crippen LogP contribution in [0.1, 0.15) is 36.2 Å². The zero-order valence-electron chi connectivity index (χ0n) is 16.6. The number of rotatable bonds is 4. The topological polar surface area (TPSA) is 74.3 Å². The van der Waals surface area contributed by atoms with Gasteiger partial charge in [0.15, 0.2) is 0 Å². The molecule has 1 aliphatic rings. The number of nitrogens with one attached hydrogen (secondary N) is 2. The van der Waals surface area contributed by atoms with E-state index in [1.54, 1.807) is 6.92 Å². The number of hydrogen-bond acceptors (Lipinski definition) is 3. The predicted molar refractivity (Wildman–Crippen MR) is 105 cm³/mol. The van der Waals surface area contributed by atoms with Crippen LogP contribution in [0.25, 0.3) is 0 Å². The standard InChI is InChI=1S/C20H18ClF5N4O2/c1-2-13-18(31)27-7-8-30(13)19(32)29-17(11-4-5-12(22)15(21)16(11)23)10-3-6-14(28-9-10)20(24,25)26/h3-6,9,13,17H,2,7-8H2,1H3,(H,27,31)(H,29,32)/t13-,17-/m1/s1. The van der Waals surface area contributed by atoms with Gasteiger partial charge in [-0.3, -0.25) is 9.78 Å². The van der Waals surface area contributed by atoms with Gasteiger partial charge in [0.05, 0.1) is 6.04 Å². The molecule has 2 heterocycles. The van der Waals surface area contributed by atoms with E-state index in [4.69, 9.17) is 11.6 Å². The molecular formula is C20H18ClF5N4O2. The highest BCUT2D eigenvalue weighted by Gasteiger charge is 2.35. The third-order valence-electron chi connectivity index (χ3n) is 5.03. The molecule has 172 valence electrons. The second kappa shape index (κ2) is 9.27. The zero-order valence-corrected chi connectivity index (χ0v) is 17.4. The van der Waals surface area contributed by atoms with Crippen LogP contribution in [0.15, 0.2) is 30.5 Å². The molecule has 1 saturated heterocycles.